The molecule has 3 heteroatoms. The topological polar surface area (TPSA) is 32.7 Å². The van der Waals surface area contributed by atoms with Crippen LogP contribution in [0.4, 0.5) is 5.69 Å². The van der Waals surface area contributed by atoms with E-state index in [-0.39, 0.29) is 0 Å². The molecule has 0 aromatic heterocycles. The zero-order valence-electron chi connectivity index (χ0n) is 11.3. The molecule has 0 saturated carbocycles. The minimum Gasteiger partial charge on any atom is -0.496 e. The number of aliphatic hydroxyl groups excluding tert-OH is 1. The number of ether oxygens (including phenoxy) is 1. The summed E-state index contributed by atoms with van der Waals surface area (Å²) in [6, 6.07) is 5.74. The Morgan fingerprint density at radius 3 is 2.72 bits per heavy atom. The van der Waals surface area contributed by atoms with E-state index in [0.717, 1.165) is 24.2 Å². The van der Waals surface area contributed by atoms with Gasteiger partial charge in [-0.2, -0.15) is 0 Å². The molecule has 1 aromatic carbocycles. The number of terminal acetylenes is 1. The molecule has 0 aliphatic rings. The normalized spacial score (nSPS) is 11.7. The van der Waals surface area contributed by atoms with Crippen LogP contribution in [0.25, 0.3) is 0 Å². The Hall–Kier alpha value is -1.66. The number of nitrogens with zero attached hydrogens (tertiary/aromatic N) is 1. The van der Waals surface area contributed by atoms with E-state index >= 15 is 0 Å². The highest BCUT2D eigenvalue weighted by atomic mass is 16.5. The highest BCUT2D eigenvalue weighted by Gasteiger charge is 2.17. The van der Waals surface area contributed by atoms with Crippen LogP contribution in [0.15, 0.2) is 18.2 Å². The molecule has 1 atom stereocenters. The van der Waals surface area contributed by atoms with Gasteiger partial charge in [0.15, 0.2) is 0 Å². The van der Waals surface area contributed by atoms with Crippen molar-refractivity contribution in [3.8, 4) is 18.1 Å². The van der Waals surface area contributed by atoms with Crippen molar-refractivity contribution in [1.29, 1.82) is 0 Å². The van der Waals surface area contributed by atoms with Gasteiger partial charge < -0.3 is 14.7 Å². The Bertz CT molecular complexity index is 421. The lowest BCUT2D eigenvalue weighted by molar-refractivity contribution is 0.194. The van der Waals surface area contributed by atoms with Gasteiger partial charge in [-0.3, -0.25) is 0 Å². The smallest absolute Gasteiger partial charge is 0.126 e. The fraction of sp³-hybridized carbons (Fsp3) is 0.467. The van der Waals surface area contributed by atoms with Crippen molar-refractivity contribution in [3.63, 3.8) is 0 Å². The summed E-state index contributed by atoms with van der Waals surface area (Å²) in [5.41, 5.74) is 1.74. The molecule has 98 valence electrons. The highest BCUT2D eigenvalue weighted by Crippen LogP contribution is 2.34. The van der Waals surface area contributed by atoms with E-state index < -0.39 is 6.10 Å². The first-order valence-electron chi connectivity index (χ1n) is 6.19. The van der Waals surface area contributed by atoms with Gasteiger partial charge in [-0.05, 0) is 25.5 Å². The highest BCUT2D eigenvalue weighted by molar-refractivity contribution is 5.61. The molecule has 0 bridgehead atoms. The van der Waals surface area contributed by atoms with E-state index in [4.69, 9.17) is 11.2 Å². The molecule has 1 N–H and O–H groups in total. The number of methoxy groups -OCH3 is 1. The Labute approximate surface area is 109 Å². The molecule has 0 fully saturated rings. The third-order valence-corrected chi connectivity index (χ3v) is 2.80. The second kappa shape index (κ2) is 6.93. The maximum Gasteiger partial charge on any atom is 0.126 e. The summed E-state index contributed by atoms with van der Waals surface area (Å²) in [6.07, 6.45) is 5.82. The van der Waals surface area contributed by atoms with E-state index in [0.29, 0.717) is 12.3 Å². The molecule has 0 aliphatic heterocycles. The Morgan fingerprint density at radius 1 is 1.50 bits per heavy atom. The Kier molecular flexibility index (Phi) is 5.54. The lowest BCUT2D eigenvalue weighted by atomic mass is 10.1. The van der Waals surface area contributed by atoms with Crippen LogP contribution in [0.2, 0.25) is 0 Å². The van der Waals surface area contributed by atoms with Crippen LogP contribution in [-0.2, 0) is 0 Å². The monoisotopic (exact) mass is 247 g/mol. The minimum atomic E-state index is -0.590. The quantitative estimate of drug-likeness (QED) is 0.784. The molecular formula is C15H21NO2. The number of hydrogen-bond donors (Lipinski definition) is 1. The van der Waals surface area contributed by atoms with Gasteiger partial charge in [-0.25, -0.2) is 0 Å². The fourth-order valence-electron chi connectivity index (χ4n) is 2.07. The summed E-state index contributed by atoms with van der Waals surface area (Å²) in [6.45, 7) is 5.23. The van der Waals surface area contributed by atoms with Gasteiger partial charge in [0.1, 0.15) is 5.75 Å². The van der Waals surface area contributed by atoms with E-state index in [1.165, 1.54) is 0 Å². The van der Waals surface area contributed by atoms with Crippen LogP contribution < -0.4 is 9.64 Å². The average Bonchev–Trinajstić information content (AvgIpc) is 2.37. The lowest BCUT2D eigenvalue weighted by Crippen LogP contribution is -2.26. The minimum absolute atomic E-state index is 0.528. The summed E-state index contributed by atoms with van der Waals surface area (Å²) >= 11 is 0. The predicted molar refractivity (Wildman–Crippen MR) is 75.0 cm³/mol. The zero-order chi connectivity index (χ0) is 13.5. The molecule has 0 aliphatic carbocycles. The Balaban J connectivity index is 3.24. The summed E-state index contributed by atoms with van der Waals surface area (Å²) in [5, 5.41) is 9.94. The third-order valence-electron chi connectivity index (χ3n) is 2.80. The van der Waals surface area contributed by atoms with Gasteiger partial charge in [0.2, 0.25) is 0 Å². The largest absolute Gasteiger partial charge is 0.496 e. The van der Waals surface area contributed by atoms with Gasteiger partial charge in [0.25, 0.3) is 0 Å². The van der Waals surface area contributed by atoms with Crippen molar-refractivity contribution in [1.82, 2.24) is 0 Å². The van der Waals surface area contributed by atoms with Gasteiger partial charge in [-0.1, -0.05) is 18.9 Å². The van der Waals surface area contributed by atoms with Gasteiger partial charge in [0, 0.05) is 17.8 Å². The van der Waals surface area contributed by atoms with E-state index in [9.17, 15) is 5.11 Å². The van der Waals surface area contributed by atoms with Crippen LogP contribution >= 0.6 is 0 Å². The first-order chi connectivity index (χ1) is 8.65. The predicted octanol–water partition coefficient (Wildman–Crippen LogP) is 2.60. The van der Waals surface area contributed by atoms with Crippen LogP contribution in [-0.4, -0.2) is 25.3 Å². The third kappa shape index (κ3) is 3.18. The number of benzene rings is 1. The Morgan fingerprint density at radius 2 is 2.22 bits per heavy atom. The molecule has 0 radical (unpaired) electrons. The van der Waals surface area contributed by atoms with Crippen molar-refractivity contribution >= 4 is 5.69 Å². The molecule has 3 nitrogen and oxygen atoms in total. The molecular weight excluding hydrogens is 226 g/mol. The lowest BCUT2D eigenvalue weighted by Gasteiger charge is -2.26. The second-order valence-electron chi connectivity index (χ2n) is 4.19. The molecule has 1 unspecified atom stereocenters. The molecule has 1 aromatic rings. The molecule has 0 amide bonds. The number of anilines is 1. The first kappa shape index (κ1) is 14.4. The summed E-state index contributed by atoms with van der Waals surface area (Å²) in [7, 11) is 1.61. The van der Waals surface area contributed by atoms with Crippen LogP contribution in [0, 0.1) is 12.3 Å². The van der Waals surface area contributed by atoms with Crippen molar-refractivity contribution in [3.05, 3.63) is 23.8 Å². The maximum atomic E-state index is 9.94. The SMILES string of the molecule is C#CCN(CCC)c1cccc(OC)c1C(C)O. The zero-order valence-corrected chi connectivity index (χ0v) is 11.3. The summed E-state index contributed by atoms with van der Waals surface area (Å²) in [5.74, 6) is 3.35. The maximum absolute atomic E-state index is 9.94. The molecule has 0 heterocycles. The second-order valence-corrected chi connectivity index (χ2v) is 4.19. The summed E-state index contributed by atoms with van der Waals surface area (Å²) in [4.78, 5) is 2.09. The molecule has 18 heavy (non-hydrogen) atoms. The van der Waals surface area contributed by atoms with Crippen LogP contribution in [0.3, 0.4) is 0 Å². The molecule has 0 spiro atoms. The first-order valence-corrected chi connectivity index (χ1v) is 6.19. The van der Waals surface area contributed by atoms with Crippen molar-refractivity contribution in [2.45, 2.75) is 26.4 Å². The molecule has 0 saturated heterocycles. The van der Waals surface area contributed by atoms with Gasteiger partial charge in [-0.15, -0.1) is 6.42 Å². The molecule has 1 rings (SSSR count). The van der Waals surface area contributed by atoms with E-state index in [2.05, 4.69) is 17.7 Å². The van der Waals surface area contributed by atoms with Crippen molar-refractivity contribution in [2.75, 3.05) is 25.1 Å². The van der Waals surface area contributed by atoms with E-state index in [1.54, 1.807) is 14.0 Å². The van der Waals surface area contributed by atoms with Crippen LogP contribution in [0.5, 0.6) is 5.75 Å². The van der Waals surface area contributed by atoms with Crippen LogP contribution in [0.1, 0.15) is 31.9 Å². The van der Waals surface area contributed by atoms with Gasteiger partial charge >= 0.3 is 0 Å². The number of aliphatic hydroxyl groups is 1. The number of hydrogen-bond acceptors (Lipinski definition) is 3. The van der Waals surface area contributed by atoms with Crippen molar-refractivity contribution < 1.29 is 9.84 Å². The van der Waals surface area contributed by atoms with Crippen molar-refractivity contribution in [2.24, 2.45) is 0 Å². The average molecular weight is 247 g/mol. The van der Waals surface area contributed by atoms with E-state index in [1.807, 2.05) is 18.2 Å². The number of rotatable bonds is 6. The standard InChI is InChI=1S/C15H21NO2/c1-5-10-16(11-6-2)13-8-7-9-14(18-4)15(13)12(3)17/h1,7-9,12,17H,6,10-11H2,2-4H3. The summed E-state index contributed by atoms with van der Waals surface area (Å²) < 4.78 is 5.32. The fourth-order valence-corrected chi connectivity index (χ4v) is 2.07. The van der Waals surface area contributed by atoms with Gasteiger partial charge in [0.05, 0.1) is 19.8 Å².